The van der Waals surface area contributed by atoms with Gasteiger partial charge in [-0.3, -0.25) is 18.7 Å². The third kappa shape index (κ3) is 5.15. The summed E-state index contributed by atoms with van der Waals surface area (Å²) >= 11 is 3.04. The third-order valence-electron chi connectivity index (χ3n) is 10.2. The van der Waals surface area contributed by atoms with Gasteiger partial charge in [0.1, 0.15) is 9.66 Å². The molecule has 4 heterocycles. The molecule has 3 aromatic carbocycles. The van der Waals surface area contributed by atoms with Crippen LogP contribution in [0.5, 0.6) is 0 Å². The average molecular weight is 667 g/mol. The van der Waals surface area contributed by atoms with E-state index in [2.05, 4.69) is 47.2 Å². The predicted octanol–water partition coefficient (Wildman–Crippen LogP) is 8.42. The maximum absolute atomic E-state index is 14.0. The second kappa shape index (κ2) is 12.1. The van der Waals surface area contributed by atoms with E-state index in [4.69, 9.17) is 9.97 Å². The minimum atomic E-state index is -0.0445. The Morgan fingerprint density at radius 1 is 0.562 bits per heavy atom. The molecule has 0 amide bonds. The SMILES string of the molecule is O=c1c2c(-c3ccc4c(c3)CCCC4)csc2ncn1Cc1ccccc1Cn1cnc2scc(-c3ccc4c(c3)CCCC4)c2c1=O. The molecule has 2 aliphatic carbocycles. The molecule has 4 aromatic heterocycles. The third-order valence-corrected chi connectivity index (χ3v) is 12.0. The lowest BCUT2D eigenvalue weighted by Gasteiger charge is -2.16. The van der Waals surface area contributed by atoms with E-state index in [0.29, 0.717) is 23.9 Å². The van der Waals surface area contributed by atoms with Crippen LogP contribution in [0.3, 0.4) is 0 Å². The van der Waals surface area contributed by atoms with Gasteiger partial charge in [0.15, 0.2) is 0 Å². The summed E-state index contributed by atoms with van der Waals surface area (Å²) in [5.41, 5.74) is 11.6. The Kier molecular flexibility index (Phi) is 7.43. The van der Waals surface area contributed by atoms with Gasteiger partial charge in [-0.05, 0) is 95.9 Å². The molecular formula is C40H34N4O2S2. The van der Waals surface area contributed by atoms with Crippen LogP contribution < -0.4 is 11.1 Å². The average Bonchev–Trinajstić information content (AvgIpc) is 3.77. The van der Waals surface area contributed by atoms with E-state index in [-0.39, 0.29) is 11.1 Å². The van der Waals surface area contributed by atoms with Gasteiger partial charge in [0, 0.05) is 21.9 Å². The van der Waals surface area contributed by atoms with Crippen LogP contribution in [0.25, 0.3) is 42.7 Å². The number of fused-ring (bicyclic) bond motifs is 4. The fraction of sp³-hybridized carbons (Fsp3) is 0.250. The number of hydrogen-bond acceptors (Lipinski definition) is 6. The van der Waals surface area contributed by atoms with E-state index >= 15 is 0 Å². The summed E-state index contributed by atoms with van der Waals surface area (Å²) in [5, 5.41) is 5.49. The molecule has 48 heavy (non-hydrogen) atoms. The summed E-state index contributed by atoms with van der Waals surface area (Å²) in [6.45, 7) is 0.724. The Morgan fingerprint density at radius 3 is 1.46 bits per heavy atom. The maximum Gasteiger partial charge on any atom is 0.263 e. The van der Waals surface area contributed by atoms with Crippen LogP contribution in [0.1, 0.15) is 59.1 Å². The van der Waals surface area contributed by atoms with Crippen LogP contribution in [0.4, 0.5) is 0 Å². The van der Waals surface area contributed by atoms with E-state index in [9.17, 15) is 9.59 Å². The topological polar surface area (TPSA) is 69.8 Å². The first-order valence-corrected chi connectivity index (χ1v) is 18.6. The van der Waals surface area contributed by atoms with Crippen LogP contribution in [0.2, 0.25) is 0 Å². The Morgan fingerprint density at radius 2 is 1.00 bits per heavy atom. The monoisotopic (exact) mass is 666 g/mol. The van der Waals surface area contributed by atoms with E-state index < -0.39 is 0 Å². The van der Waals surface area contributed by atoms with E-state index in [1.165, 1.54) is 70.6 Å². The summed E-state index contributed by atoms with van der Waals surface area (Å²) in [5.74, 6) is 0. The zero-order chi connectivity index (χ0) is 32.2. The number of aromatic nitrogens is 4. The molecule has 9 rings (SSSR count). The predicted molar refractivity (Wildman–Crippen MR) is 197 cm³/mol. The van der Waals surface area contributed by atoms with Gasteiger partial charge in [0.05, 0.1) is 36.5 Å². The molecular weight excluding hydrogens is 633 g/mol. The van der Waals surface area contributed by atoms with Crippen molar-refractivity contribution in [2.75, 3.05) is 0 Å². The normalized spacial score (nSPS) is 14.3. The van der Waals surface area contributed by atoms with E-state index in [0.717, 1.165) is 68.7 Å². The second-order valence-corrected chi connectivity index (χ2v) is 14.9. The Bertz CT molecular complexity index is 2310. The van der Waals surface area contributed by atoms with Crippen molar-refractivity contribution in [1.82, 2.24) is 19.1 Å². The van der Waals surface area contributed by atoms with Crippen LogP contribution in [0, 0.1) is 0 Å². The van der Waals surface area contributed by atoms with E-state index in [1.54, 1.807) is 21.8 Å². The molecule has 238 valence electrons. The summed E-state index contributed by atoms with van der Waals surface area (Å²) in [6.07, 6.45) is 12.7. The van der Waals surface area contributed by atoms with Gasteiger partial charge in [-0.25, -0.2) is 9.97 Å². The van der Waals surface area contributed by atoms with Crippen LogP contribution in [0.15, 0.2) is 93.7 Å². The Labute approximate surface area is 286 Å². The highest BCUT2D eigenvalue weighted by molar-refractivity contribution is 7.17. The van der Waals surface area contributed by atoms with Crippen molar-refractivity contribution in [3.8, 4) is 22.3 Å². The fourth-order valence-electron chi connectivity index (χ4n) is 7.62. The number of aryl methyl sites for hydroxylation is 4. The Balaban J connectivity index is 1.05. The van der Waals surface area contributed by atoms with Crippen molar-refractivity contribution in [3.63, 3.8) is 0 Å². The molecule has 0 spiro atoms. The smallest absolute Gasteiger partial charge is 0.263 e. The van der Waals surface area contributed by atoms with Gasteiger partial charge in [0.25, 0.3) is 11.1 Å². The van der Waals surface area contributed by atoms with Crippen LogP contribution in [-0.4, -0.2) is 19.1 Å². The van der Waals surface area contributed by atoms with Crippen LogP contribution in [-0.2, 0) is 38.8 Å². The van der Waals surface area contributed by atoms with Gasteiger partial charge in [-0.1, -0.05) is 60.7 Å². The quantitative estimate of drug-likeness (QED) is 0.179. The van der Waals surface area contributed by atoms with Crippen LogP contribution >= 0.6 is 22.7 Å². The summed E-state index contributed by atoms with van der Waals surface area (Å²) in [6, 6.07) is 21.4. The molecule has 0 saturated carbocycles. The zero-order valence-electron chi connectivity index (χ0n) is 26.6. The highest BCUT2D eigenvalue weighted by Gasteiger charge is 2.19. The fourth-order valence-corrected chi connectivity index (χ4v) is 9.43. The second-order valence-electron chi connectivity index (χ2n) is 13.2. The maximum atomic E-state index is 14.0. The first kappa shape index (κ1) is 29.5. The number of nitrogens with zero attached hydrogens (tertiary/aromatic N) is 4. The number of hydrogen-bond donors (Lipinski definition) is 0. The summed E-state index contributed by atoms with van der Waals surface area (Å²) in [4.78, 5) is 39.0. The molecule has 6 nitrogen and oxygen atoms in total. The highest BCUT2D eigenvalue weighted by atomic mass is 32.1. The minimum absolute atomic E-state index is 0.0445. The van der Waals surface area contributed by atoms with Gasteiger partial charge < -0.3 is 0 Å². The molecule has 0 atom stereocenters. The van der Waals surface area contributed by atoms with Crippen molar-refractivity contribution in [1.29, 1.82) is 0 Å². The molecule has 0 radical (unpaired) electrons. The standard InChI is InChI=1S/C40H34N4O2S2/c45-39-35-33(29-15-13-25-7-1-3-9-27(25)17-29)21-47-37(35)41-23-43(39)19-31-11-5-6-12-32(31)20-44-24-42-38-36(40(44)46)34(22-48-38)30-16-14-26-8-2-4-10-28(26)18-30/h5-6,11-18,21-24H,1-4,7-10,19-20H2. The van der Waals surface area contributed by atoms with Gasteiger partial charge >= 0.3 is 0 Å². The van der Waals surface area contributed by atoms with Crippen molar-refractivity contribution in [2.24, 2.45) is 0 Å². The van der Waals surface area contributed by atoms with Gasteiger partial charge in [0.2, 0.25) is 0 Å². The van der Waals surface area contributed by atoms with Crippen molar-refractivity contribution in [2.45, 2.75) is 64.5 Å². The number of rotatable bonds is 6. The first-order valence-electron chi connectivity index (χ1n) is 16.8. The molecule has 0 aliphatic heterocycles. The summed E-state index contributed by atoms with van der Waals surface area (Å²) < 4.78 is 3.40. The number of thiophene rings is 2. The molecule has 2 aliphatic rings. The lowest BCUT2D eigenvalue weighted by Crippen LogP contribution is -2.24. The molecule has 7 aromatic rings. The molecule has 0 saturated heterocycles. The Hall–Kier alpha value is -4.66. The van der Waals surface area contributed by atoms with Crippen molar-refractivity contribution in [3.05, 3.63) is 138 Å². The molecule has 0 unspecified atom stereocenters. The lowest BCUT2D eigenvalue weighted by molar-refractivity contribution is 0.686. The molecule has 0 fully saturated rings. The van der Waals surface area contributed by atoms with E-state index in [1.807, 2.05) is 24.3 Å². The first-order chi connectivity index (χ1) is 23.6. The van der Waals surface area contributed by atoms with Gasteiger partial charge in [-0.15, -0.1) is 22.7 Å². The molecule has 8 heteroatoms. The highest BCUT2D eigenvalue weighted by Crippen LogP contribution is 2.35. The van der Waals surface area contributed by atoms with Crippen molar-refractivity contribution < 1.29 is 0 Å². The zero-order valence-corrected chi connectivity index (χ0v) is 28.2. The van der Waals surface area contributed by atoms with Gasteiger partial charge in [-0.2, -0.15) is 0 Å². The largest absolute Gasteiger partial charge is 0.294 e. The lowest BCUT2D eigenvalue weighted by atomic mass is 9.89. The summed E-state index contributed by atoms with van der Waals surface area (Å²) in [7, 11) is 0. The number of benzene rings is 3. The minimum Gasteiger partial charge on any atom is -0.294 e. The molecule has 0 bridgehead atoms. The molecule has 0 N–H and O–H groups in total. The van der Waals surface area contributed by atoms with Crippen molar-refractivity contribution >= 4 is 43.1 Å².